The molecule has 1 aromatic heterocycles. The molecule has 0 saturated carbocycles. The number of carbonyl (C=O) groups excluding carboxylic acids is 1. The van der Waals surface area contributed by atoms with Gasteiger partial charge in [-0.25, -0.2) is 13.4 Å². The molecule has 1 amide bonds. The van der Waals surface area contributed by atoms with Crippen molar-refractivity contribution in [2.75, 3.05) is 44.0 Å². The quantitative estimate of drug-likeness (QED) is 0.480. The van der Waals surface area contributed by atoms with E-state index in [0.29, 0.717) is 38.6 Å². The number of ether oxygens (including phenoxy) is 2. The van der Waals surface area contributed by atoms with Crippen molar-refractivity contribution in [2.45, 2.75) is 16.2 Å². The number of anilines is 1. The fourth-order valence-electron chi connectivity index (χ4n) is 3.20. The number of sulfonamides is 1. The van der Waals surface area contributed by atoms with Crippen LogP contribution in [-0.4, -0.2) is 62.3 Å². The van der Waals surface area contributed by atoms with Crippen molar-refractivity contribution in [3.8, 4) is 5.75 Å². The van der Waals surface area contributed by atoms with E-state index in [1.54, 1.807) is 12.1 Å². The third-order valence-corrected chi connectivity index (χ3v) is 8.76. The largest absolute Gasteiger partial charge is 0.494 e. The van der Waals surface area contributed by atoms with Crippen molar-refractivity contribution in [1.29, 1.82) is 0 Å². The number of rotatable bonds is 8. The van der Waals surface area contributed by atoms with Gasteiger partial charge in [0.15, 0.2) is 4.34 Å². The normalized spacial score (nSPS) is 15.0. The number of hydrogen-bond donors (Lipinski definition) is 1. The summed E-state index contributed by atoms with van der Waals surface area (Å²) in [6, 6.07) is 12.0. The molecule has 0 atom stereocenters. The number of benzene rings is 2. The number of fused-ring (bicyclic) bond motifs is 1. The van der Waals surface area contributed by atoms with E-state index >= 15 is 0 Å². The number of morpholine rings is 1. The van der Waals surface area contributed by atoms with Crippen molar-refractivity contribution in [3.05, 3.63) is 42.5 Å². The van der Waals surface area contributed by atoms with E-state index in [1.807, 2.05) is 25.1 Å². The van der Waals surface area contributed by atoms with E-state index in [9.17, 15) is 13.2 Å². The number of hydrogen-bond acceptors (Lipinski definition) is 8. The first-order valence-electron chi connectivity index (χ1n) is 10.1. The summed E-state index contributed by atoms with van der Waals surface area (Å²) in [5.41, 5.74) is 1.30. The van der Waals surface area contributed by atoms with Crippen molar-refractivity contribution >= 4 is 54.9 Å². The average Bonchev–Trinajstić information content (AvgIpc) is 3.21. The summed E-state index contributed by atoms with van der Waals surface area (Å²) in [5, 5.41) is 2.78. The SMILES string of the molecule is CCOc1ccc2nc(SCC(=O)Nc3cccc(S(=O)(=O)N4CCOCC4)c3)sc2c1. The molecule has 1 saturated heterocycles. The van der Waals surface area contributed by atoms with Gasteiger partial charge in [-0.05, 0) is 43.3 Å². The highest BCUT2D eigenvalue weighted by Crippen LogP contribution is 2.32. The van der Waals surface area contributed by atoms with E-state index in [4.69, 9.17) is 9.47 Å². The summed E-state index contributed by atoms with van der Waals surface area (Å²) in [4.78, 5) is 17.1. The zero-order valence-electron chi connectivity index (χ0n) is 17.4. The molecule has 4 rings (SSSR count). The Bertz CT molecular complexity index is 1210. The number of carbonyl (C=O) groups is 1. The Balaban J connectivity index is 1.38. The Kier molecular flexibility index (Phi) is 7.31. The Morgan fingerprint density at radius 1 is 1.25 bits per heavy atom. The fraction of sp³-hybridized carbons (Fsp3) is 0.333. The van der Waals surface area contributed by atoms with Crippen LogP contribution >= 0.6 is 23.1 Å². The summed E-state index contributed by atoms with van der Waals surface area (Å²) in [6.07, 6.45) is 0. The van der Waals surface area contributed by atoms with Crippen molar-refractivity contribution < 1.29 is 22.7 Å². The lowest BCUT2D eigenvalue weighted by Crippen LogP contribution is -2.40. The first-order valence-corrected chi connectivity index (χ1v) is 13.3. The first kappa shape index (κ1) is 23.0. The molecule has 8 nitrogen and oxygen atoms in total. The standard InChI is InChI=1S/C21H23N3O5S3/c1-2-29-16-6-7-18-19(13-16)31-21(23-18)30-14-20(25)22-15-4-3-5-17(12-15)32(26,27)24-8-10-28-11-9-24/h3-7,12-13H,2,8-11,14H2,1H3,(H,22,25). The lowest BCUT2D eigenvalue weighted by Gasteiger charge is -2.26. The average molecular weight is 494 g/mol. The lowest BCUT2D eigenvalue weighted by molar-refractivity contribution is -0.113. The monoisotopic (exact) mass is 493 g/mol. The summed E-state index contributed by atoms with van der Waals surface area (Å²) in [5.74, 6) is 0.730. The van der Waals surface area contributed by atoms with Gasteiger partial charge >= 0.3 is 0 Å². The number of amides is 1. The number of nitrogens with one attached hydrogen (secondary N) is 1. The van der Waals surface area contributed by atoms with Crippen LogP contribution in [0.5, 0.6) is 5.75 Å². The predicted molar refractivity (Wildman–Crippen MR) is 126 cm³/mol. The Labute approximate surface area is 195 Å². The molecule has 1 aliphatic rings. The highest BCUT2D eigenvalue weighted by molar-refractivity contribution is 8.01. The van der Waals surface area contributed by atoms with Gasteiger partial charge in [-0.15, -0.1) is 11.3 Å². The number of thioether (sulfide) groups is 1. The third-order valence-electron chi connectivity index (χ3n) is 4.70. The molecular weight excluding hydrogens is 470 g/mol. The Morgan fingerprint density at radius 3 is 2.84 bits per heavy atom. The van der Waals surface area contributed by atoms with Crippen LogP contribution < -0.4 is 10.1 Å². The van der Waals surface area contributed by atoms with Crippen LogP contribution in [0.3, 0.4) is 0 Å². The zero-order valence-corrected chi connectivity index (χ0v) is 19.9. The zero-order chi connectivity index (χ0) is 22.6. The van der Waals surface area contributed by atoms with Crippen LogP contribution in [-0.2, 0) is 19.6 Å². The van der Waals surface area contributed by atoms with Crippen LogP contribution in [0.15, 0.2) is 51.7 Å². The van der Waals surface area contributed by atoms with E-state index < -0.39 is 10.0 Å². The summed E-state index contributed by atoms with van der Waals surface area (Å²) >= 11 is 2.84. The molecular formula is C21H23N3O5S3. The molecule has 0 spiro atoms. The Hall–Kier alpha value is -2.18. The van der Waals surface area contributed by atoms with Gasteiger partial charge in [0.25, 0.3) is 0 Å². The van der Waals surface area contributed by atoms with Crippen LogP contribution in [0.2, 0.25) is 0 Å². The van der Waals surface area contributed by atoms with E-state index in [0.717, 1.165) is 20.3 Å². The predicted octanol–water partition coefficient (Wildman–Crippen LogP) is 3.45. The van der Waals surface area contributed by atoms with Crippen LogP contribution in [0.1, 0.15) is 6.92 Å². The summed E-state index contributed by atoms with van der Waals surface area (Å²) in [7, 11) is -3.62. The summed E-state index contributed by atoms with van der Waals surface area (Å²) in [6.45, 7) is 3.94. The highest BCUT2D eigenvalue weighted by Gasteiger charge is 2.26. The smallest absolute Gasteiger partial charge is 0.243 e. The van der Waals surface area contributed by atoms with Gasteiger partial charge < -0.3 is 14.8 Å². The van der Waals surface area contributed by atoms with E-state index in [2.05, 4.69) is 10.3 Å². The van der Waals surface area contributed by atoms with E-state index in [-0.39, 0.29) is 16.6 Å². The van der Waals surface area contributed by atoms with Gasteiger partial charge in [0.05, 0.1) is 40.7 Å². The molecule has 0 bridgehead atoms. The minimum atomic E-state index is -3.62. The molecule has 1 N–H and O–H groups in total. The molecule has 2 aromatic carbocycles. The van der Waals surface area contributed by atoms with Crippen molar-refractivity contribution in [1.82, 2.24) is 9.29 Å². The molecule has 32 heavy (non-hydrogen) atoms. The minimum absolute atomic E-state index is 0.154. The van der Waals surface area contributed by atoms with Gasteiger partial charge in [0.1, 0.15) is 5.75 Å². The topological polar surface area (TPSA) is 97.8 Å². The molecule has 1 aliphatic heterocycles. The van der Waals surface area contributed by atoms with Gasteiger partial charge in [-0.3, -0.25) is 4.79 Å². The number of aromatic nitrogens is 1. The third kappa shape index (κ3) is 5.41. The maximum absolute atomic E-state index is 12.8. The highest BCUT2D eigenvalue weighted by atomic mass is 32.2. The van der Waals surface area contributed by atoms with Crippen molar-refractivity contribution in [2.24, 2.45) is 0 Å². The first-order chi connectivity index (χ1) is 15.5. The molecule has 3 aromatic rings. The molecule has 1 fully saturated rings. The number of nitrogens with zero attached hydrogens (tertiary/aromatic N) is 2. The van der Waals surface area contributed by atoms with Crippen molar-refractivity contribution in [3.63, 3.8) is 0 Å². The molecule has 0 radical (unpaired) electrons. The second-order valence-corrected chi connectivity index (χ2v) is 11.1. The minimum Gasteiger partial charge on any atom is -0.494 e. The fourth-order valence-corrected chi connectivity index (χ4v) is 6.55. The molecule has 170 valence electrons. The van der Waals surface area contributed by atoms with Gasteiger partial charge in [-0.1, -0.05) is 17.8 Å². The lowest BCUT2D eigenvalue weighted by atomic mass is 10.3. The molecule has 0 aliphatic carbocycles. The molecule has 0 unspecified atom stereocenters. The second-order valence-electron chi connectivity index (χ2n) is 6.92. The van der Waals surface area contributed by atoms with Crippen LogP contribution in [0, 0.1) is 0 Å². The maximum atomic E-state index is 12.8. The van der Waals surface area contributed by atoms with Crippen LogP contribution in [0.4, 0.5) is 5.69 Å². The molecule has 11 heteroatoms. The van der Waals surface area contributed by atoms with E-state index in [1.165, 1.54) is 39.5 Å². The number of thiazole rings is 1. The summed E-state index contributed by atoms with van der Waals surface area (Å²) < 4.78 is 39.6. The van der Waals surface area contributed by atoms with Gasteiger partial charge in [0, 0.05) is 18.8 Å². The Morgan fingerprint density at radius 2 is 2.06 bits per heavy atom. The molecule has 2 heterocycles. The van der Waals surface area contributed by atoms with Gasteiger partial charge in [-0.2, -0.15) is 4.31 Å². The maximum Gasteiger partial charge on any atom is 0.243 e. The van der Waals surface area contributed by atoms with Crippen LogP contribution in [0.25, 0.3) is 10.2 Å². The second kappa shape index (κ2) is 10.2. The van der Waals surface area contributed by atoms with Gasteiger partial charge in [0.2, 0.25) is 15.9 Å².